The number of methoxy groups -OCH3 is 1. The molecule has 0 aliphatic carbocycles. The molecule has 6 heteroatoms. The van der Waals surface area contributed by atoms with Gasteiger partial charge in [-0.3, -0.25) is 0 Å². The van der Waals surface area contributed by atoms with Crippen molar-refractivity contribution in [2.75, 3.05) is 7.11 Å². The van der Waals surface area contributed by atoms with E-state index in [9.17, 15) is 8.42 Å². The number of benzene rings is 1. The molecule has 90 valence electrons. The molecule has 1 rings (SSSR count). The van der Waals surface area contributed by atoms with Gasteiger partial charge in [0.15, 0.2) is 0 Å². The van der Waals surface area contributed by atoms with Gasteiger partial charge in [-0.15, -0.1) is 0 Å². The molecule has 0 saturated heterocycles. The Hall–Kier alpha value is -0.260. The standard InChI is InChI=1S/C10H12BrClO3S/c1-6-4-8(5-16(12,13)14)10(15-3)7(2)9(6)11/h4H,5H2,1-3H3. The molecule has 0 spiro atoms. The van der Waals surface area contributed by atoms with E-state index in [-0.39, 0.29) is 5.75 Å². The number of hydrogen-bond acceptors (Lipinski definition) is 3. The van der Waals surface area contributed by atoms with E-state index >= 15 is 0 Å². The Morgan fingerprint density at radius 3 is 2.44 bits per heavy atom. The smallest absolute Gasteiger partial charge is 0.236 e. The van der Waals surface area contributed by atoms with Crippen molar-refractivity contribution in [3.63, 3.8) is 0 Å². The minimum Gasteiger partial charge on any atom is -0.496 e. The highest BCUT2D eigenvalue weighted by Gasteiger charge is 2.16. The molecule has 1 aromatic carbocycles. The maximum atomic E-state index is 11.1. The highest BCUT2D eigenvalue weighted by molar-refractivity contribution is 9.10. The largest absolute Gasteiger partial charge is 0.496 e. The van der Waals surface area contributed by atoms with Crippen molar-refractivity contribution in [2.45, 2.75) is 19.6 Å². The summed E-state index contributed by atoms with van der Waals surface area (Å²) in [6.45, 7) is 3.75. The van der Waals surface area contributed by atoms with Crippen LogP contribution in [0.1, 0.15) is 16.7 Å². The molecular formula is C10H12BrClO3S. The topological polar surface area (TPSA) is 43.4 Å². The molecule has 0 aliphatic heterocycles. The summed E-state index contributed by atoms with van der Waals surface area (Å²) in [5.74, 6) is 0.328. The van der Waals surface area contributed by atoms with Crippen molar-refractivity contribution in [3.05, 3.63) is 27.2 Å². The minimum absolute atomic E-state index is 0.229. The molecule has 0 aromatic heterocycles. The molecular weight excluding hydrogens is 316 g/mol. The first kappa shape index (κ1) is 13.8. The Morgan fingerprint density at radius 1 is 1.44 bits per heavy atom. The van der Waals surface area contributed by atoms with Crippen LogP contribution in [0.3, 0.4) is 0 Å². The van der Waals surface area contributed by atoms with Crippen molar-refractivity contribution < 1.29 is 13.2 Å². The molecule has 0 atom stereocenters. The van der Waals surface area contributed by atoms with Gasteiger partial charge in [0, 0.05) is 26.3 Å². The van der Waals surface area contributed by atoms with Crippen LogP contribution in [0.25, 0.3) is 0 Å². The van der Waals surface area contributed by atoms with Crippen molar-refractivity contribution >= 4 is 35.7 Å². The molecule has 0 aliphatic rings. The van der Waals surface area contributed by atoms with Gasteiger partial charge in [-0.05, 0) is 19.4 Å². The zero-order valence-electron chi connectivity index (χ0n) is 9.17. The molecule has 0 fully saturated rings. The van der Waals surface area contributed by atoms with Gasteiger partial charge in [0.05, 0.1) is 12.9 Å². The molecule has 0 saturated carbocycles. The van der Waals surface area contributed by atoms with E-state index in [1.165, 1.54) is 7.11 Å². The zero-order chi connectivity index (χ0) is 12.5. The molecule has 0 heterocycles. The van der Waals surface area contributed by atoms with E-state index in [2.05, 4.69) is 15.9 Å². The van der Waals surface area contributed by atoms with Crippen molar-refractivity contribution in [3.8, 4) is 5.75 Å². The lowest BCUT2D eigenvalue weighted by Gasteiger charge is -2.14. The quantitative estimate of drug-likeness (QED) is 0.801. The van der Waals surface area contributed by atoms with Crippen LogP contribution in [0.4, 0.5) is 0 Å². The molecule has 0 amide bonds. The van der Waals surface area contributed by atoms with Crippen LogP contribution in [0.2, 0.25) is 0 Å². The average molecular weight is 328 g/mol. The van der Waals surface area contributed by atoms with Gasteiger partial charge in [-0.1, -0.05) is 22.0 Å². The molecule has 3 nitrogen and oxygen atoms in total. The third kappa shape index (κ3) is 3.12. The number of ether oxygens (including phenoxy) is 1. The average Bonchev–Trinajstić information content (AvgIpc) is 2.12. The van der Waals surface area contributed by atoms with Gasteiger partial charge in [0.25, 0.3) is 0 Å². The lowest BCUT2D eigenvalue weighted by atomic mass is 10.1. The monoisotopic (exact) mass is 326 g/mol. The van der Waals surface area contributed by atoms with E-state index < -0.39 is 9.05 Å². The fourth-order valence-electron chi connectivity index (χ4n) is 1.60. The van der Waals surface area contributed by atoms with Crippen molar-refractivity contribution in [1.82, 2.24) is 0 Å². The maximum absolute atomic E-state index is 11.1. The molecule has 0 unspecified atom stereocenters. The molecule has 16 heavy (non-hydrogen) atoms. The van der Waals surface area contributed by atoms with Gasteiger partial charge in [0.1, 0.15) is 5.75 Å². The Kier molecular flexibility index (Phi) is 4.26. The summed E-state index contributed by atoms with van der Waals surface area (Å²) in [4.78, 5) is 0. The van der Waals surface area contributed by atoms with E-state index in [0.717, 1.165) is 15.6 Å². The summed E-state index contributed by atoms with van der Waals surface area (Å²) in [7, 11) is 3.18. The molecule has 0 bridgehead atoms. The predicted molar refractivity (Wildman–Crippen MR) is 68.6 cm³/mol. The number of hydrogen-bond donors (Lipinski definition) is 0. The summed E-state index contributed by atoms with van der Waals surface area (Å²) in [6.07, 6.45) is 0. The summed E-state index contributed by atoms with van der Waals surface area (Å²) < 4.78 is 28.3. The van der Waals surface area contributed by atoms with Crippen molar-refractivity contribution in [1.29, 1.82) is 0 Å². The Bertz CT molecular complexity index is 511. The number of rotatable bonds is 3. The van der Waals surface area contributed by atoms with E-state index in [0.29, 0.717) is 11.3 Å². The first-order valence-electron chi connectivity index (χ1n) is 4.51. The molecule has 1 aromatic rings. The second-order valence-corrected chi connectivity index (χ2v) is 7.08. The molecule has 0 N–H and O–H groups in total. The van der Waals surface area contributed by atoms with Gasteiger partial charge in [0.2, 0.25) is 9.05 Å². The van der Waals surface area contributed by atoms with Gasteiger partial charge in [-0.2, -0.15) is 0 Å². The highest BCUT2D eigenvalue weighted by atomic mass is 79.9. The highest BCUT2D eigenvalue weighted by Crippen LogP contribution is 2.34. The van der Waals surface area contributed by atoms with E-state index in [4.69, 9.17) is 15.4 Å². The predicted octanol–water partition coefficient (Wildman–Crippen LogP) is 3.14. The van der Waals surface area contributed by atoms with Crippen molar-refractivity contribution in [2.24, 2.45) is 0 Å². The summed E-state index contributed by atoms with van der Waals surface area (Å²) in [5, 5.41) is 0. The normalized spacial score (nSPS) is 11.6. The third-order valence-corrected chi connectivity index (χ3v) is 4.43. The second kappa shape index (κ2) is 4.94. The minimum atomic E-state index is -3.58. The van der Waals surface area contributed by atoms with E-state index in [1.807, 2.05) is 13.8 Å². The SMILES string of the molecule is COc1c(CS(=O)(=O)Cl)cc(C)c(Br)c1C. The number of aryl methyl sites for hydroxylation is 1. The zero-order valence-corrected chi connectivity index (χ0v) is 12.3. The Labute approximate surface area is 108 Å². The fraction of sp³-hybridized carbons (Fsp3) is 0.400. The van der Waals surface area contributed by atoms with Crippen LogP contribution in [0.5, 0.6) is 5.75 Å². The summed E-state index contributed by atoms with van der Waals surface area (Å²) in [5.41, 5.74) is 2.40. The summed E-state index contributed by atoms with van der Waals surface area (Å²) >= 11 is 3.42. The fourth-order valence-corrected chi connectivity index (χ4v) is 2.84. The Balaban J connectivity index is 3.39. The van der Waals surface area contributed by atoms with Crippen LogP contribution in [-0.2, 0) is 14.8 Å². The lowest BCUT2D eigenvalue weighted by Crippen LogP contribution is -2.02. The van der Waals surface area contributed by atoms with Crippen LogP contribution >= 0.6 is 26.6 Å². The lowest BCUT2D eigenvalue weighted by molar-refractivity contribution is 0.407. The Morgan fingerprint density at radius 2 is 2.00 bits per heavy atom. The van der Waals surface area contributed by atoms with Gasteiger partial charge < -0.3 is 4.74 Å². The maximum Gasteiger partial charge on any atom is 0.236 e. The van der Waals surface area contributed by atoms with Gasteiger partial charge in [-0.25, -0.2) is 8.42 Å². The molecule has 0 radical (unpaired) electrons. The van der Waals surface area contributed by atoms with Crippen LogP contribution < -0.4 is 4.74 Å². The summed E-state index contributed by atoms with van der Waals surface area (Å²) in [6, 6.07) is 1.76. The first-order chi connectivity index (χ1) is 7.26. The number of halogens is 2. The second-order valence-electron chi connectivity index (χ2n) is 3.51. The van der Waals surface area contributed by atoms with Crippen LogP contribution in [-0.4, -0.2) is 15.5 Å². The third-order valence-electron chi connectivity index (χ3n) is 2.23. The van der Waals surface area contributed by atoms with Crippen LogP contribution in [0, 0.1) is 13.8 Å². The van der Waals surface area contributed by atoms with E-state index in [1.54, 1.807) is 6.07 Å². The van der Waals surface area contributed by atoms with Crippen LogP contribution in [0.15, 0.2) is 10.5 Å². The first-order valence-corrected chi connectivity index (χ1v) is 7.78. The van der Waals surface area contributed by atoms with Gasteiger partial charge >= 0.3 is 0 Å².